The number of carbonyl (C=O) groups is 2. The average molecular weight is 347 g/mol. The third kappa shape index (κ3) is 4.67. The molecule has 2 heterocycles. The average Bonchev–Trinajstić information content (AvgIpc) is 2.92. The normalized spacial score (nSPS) is 21.4. The van der Waals surface area contributed by atoms with Gasteiger partial charge in [-0.3, -0.25) is 9.59 Å². The van der Waals surface area contributed by atoms with E-state index in [4.69, 9.17) is 21.1 Å². The number of thiophene rings is 1. The summed E-state index contributed by atoms with van der Waals surface area (Å²) < 4.78 is 11.6. The molecule has 1 saturated heterocycles. The smallest absolute Gasteiger partial charge is 0.261 e. The first kappa shape index (κ1) is 17.2. The van der Waals surface area contributed by atoms with E-state index < -0.39 is 0 Å². The highest BCUT2D eigenvalue weighted by Gasteiger charge is 2.29. The van der Waals surface area contributed by atoms with E-state index in [0.717, 1.165) is 0 Å². The van der Waals surface area contributed by atoms with Crippen molar-refractivity contribution in [2.24, 2.45) is 0 Å². The number of amides is 2. The van der Waals surface area contributed by atoms with Crippen molar-refractivity contribution >= 4 is 34.8 Å². The van der Waals surface area contributed by atoms with Gasteiger partial charge in [-0.15, -0.1) is 11.3 Å². The molecule has 0 unspecified atom stereocenters. The molecule has 0 spiro atoms. The number of nitrogens with zero attached hydrogens (tertiary/aromatic N) is 1. The Labute approximate surface area is 138 Å². The van der Waals surface area contributed by atoms with Crippen LogP contribution in [-0.4, -0.2) is 62.8 Å². The maximum absolute atomic E-state index is 12.2. The molecule has 8 heteroatoms. The van der Waals surface area contributed by atoms with Crippen molar-refractivity contribution in [1.29, 1.82) is 0 Å². The molecule has 0 saturated carbocycles. The Morgan fingerprint density at radius 3 is 2.91 bits per heavy atom. The molecule has 2 rings (SSSR count). The maximum Gasteiger partial charge on any atom is 0.261 e. The summed E-state index contributed by atoms with van der Waals surface area (Å²) in [6.07, 6.45) is 0.308. The van der Waals surface area contributed by atoms with Gasteiger partial charge in [0, 0.05) is 20.7 Å². The van der Waals surface area contributed by atoms with Gasteiger partial charge in [0.15, 0.2) is 0 Å². The lowest BCUT2D eigenvalue weighted by atomic mass is 10.1. The Bertz CT molecular complexity index is 535. The lowest BCUT2D eigenvalue weighted by Crippen LogP contribution is -2.50. The van der Waals surface area contributed by atoms with Crippen molar-refractivity contribution < 1.29 is 19.1 Å². The monoisotopic (exact) mass is 346 g/mol. The fourth-order valence-electron chi connectivity index (χ4n) is 2.02. The molecule has 0 aromatic carbocycles. The van der Waals surface area contributed by atoms with E-state index in [2.05, 4.69) is 5.32 Å². The minimum atomic E-state index is -0.336. The first-order chi connectivity index (χ1) is 10.5. The molecule has 1 fully saturated rings. The summed E-state index contributed by atoms with van der Waals surface area (Å²) in [6.45, 7) is 0.882. The highest BCUT2D eigenvalue weighted by Crippen LogP contribution is 2.22. The van der Waals surface area contributed by atoms with Gasteiger partial charge >= 0.3 is 0 Å². The van der Waals surface area contributed by atoms with Crippen molar-refractivity contribution in [3.05, 3.63) is 21.3 Å². The van der Waals surface area contributed by atoms with Crippen LogP contribution in [0.1, 0.15) is 16.1 Å². The molecule has 1 aromatic heterocycles. The van der Waals surface area contributed by atoms with Crippen LogP contribution in [0.15, 0.2) is 12.1 Å². The lowest BCUT2D eigenvalue weighted by molar-refractivity contribution is -0.140. The summed E-state index contributed by atoms with van der Waals surface area (Å²) >= 11 is 7.07. The van der Waals surface area contributed by atoms with E-state index in [9.17, 15) is 9.59 Å². The maximum atomic E-state index is 12.2. The zero-order valence-electron chi connectivity index (χ0n) is 12.5. The predicted octanol–water partition coefficient (Wildman–Crippen LogP) is 1.39. The first-order valence-electron chi connectivity index (χ1n) is 6.93. The number of nitrogens with one attached hydrogen (secondary N) is 1. The fraction of sp³-hybridized carbons (Fsp3) is 0.571. The van der Waals surface area contributed by atoms with Gasteiger partial charge < -0.3 is 19.7 Å². The van der Waals surface area contributed by atoms with Crippen molar-refractivity contribution in [2.45, 2.75) is 18.6 Å². The Kier molecular flexibility index (Phi) is 6.19. The van der Waals surface area contributed by atoms with Crippen molar-refractivity contribution in [3.63, 3.8) is 0 Å². The second kappa shape index (κ2) is 7.92. The molecule has 2 atom stereocenters. The second-order valence-corrected chi connectivity index (χ2v) is 6.90. The fourth-order valence-corrected chi connectivity index (χ4v) is 2.97. The van der Waals surface area contributed by atoms with Crippen LogP contribution in [0.3, 0.4) is 0 Å². The van der Waals surface area contributed by atoms with Crippen molar-refractivity contribution in [2.75, 3.05) is 33.9 Å². The highest BCUT2D eigenvalue weighted by molar-refractivity contribution is 7.17. The lowest BCUT2D eigenvalue weighted by Gasteiger charge is -2.32. The standard InChI is InChI=1S/C14H19ClN2O4S/c1-17(2)13(18)8-21-10-7-20-6-5-9(10)16-14(19)11-3-4-12(15)22-11/h3-4,9-10H,5-8H2,1-2H3,(H,16,19)/t9-,10-/m1/s1. The minimum Gasteiger partial charge on any atom is -0.379 e. The Morgan fingerprint density at radius 2 is 2.27 bits per heavy atom. The summed E-state index contributed by atoms with van der Waals surface area (Å²) in [4.78, 5) is 25.8. The van der Waals surface area contributed by atoms with Crippen LogP contribution >= 0.6 is 22.9 Å². The molecular weight excluding hydrogens is 328 g/mol. The Hall–Kier alpha value is -1.15. The number of halogens is 1. The SMILES string of the molecule is CN(C)C(=O)CO[C@@H]1COCC[C@H]1NC(=O)c1ccc(Cl)s1. The largest absolute Gasteiger partial charge is 0.379 e. The minimum absolute atomic E-state index is 0.0295. The van der Waals surface area contributed by atoms with E-state index >= 15 is 0 Å². The van der Waals surface area contributed by atoms with Gasteiger partial charge in [0.1, 0.15) is 12.7 Å². The molecule has 1 aliphatic rings. The zero-order chi connectivity index (χ0) is 16.1. The first-order valence-corrected chi connectivity index (χ1v) is 8.12. The quantitative estimate of drug-likeness (QED) is 0.875. The van der Waals surface area contributed by atoms with E-state index in [1.54, 1.807) is 26.2 Å². The van der Waals surface area contributed by atoms with E-state index in [1.807, 2.05) is 0 Å². The zero-order valence-corrected chi connectivity index (χ0v) is 14.1. The number of rotatable bonds is 5. The number of ether oxygens (including phenoxy) is 2. The van der Waals surface area contributed by atoms with Gasteiger partial charge in [-0.05, 0) is 18.6 Å². The summed E-state index contributed by atoms with van der Waals surface area (Å²) in [6, 6.07) is 3.19. The topological polar surface area (TPSA) is 67.9 Å². The molecule has 0 radical (unpaired) electrons. The van der Waals surface area contributed by atoms with Crippen LogP contribution in [0.5, 0.6) is 0 Å². The van der Waals surface area contributed by atoms with Gasteiger partial charge in [0.05, 0.1) is 21.9 Å². The number of carbonyl (C=O) groups excluding carboxylic acids is 2. The van der Waals surface area contributed by atoms with E-state index in [0.29, 0.717) is 28.8 Å². The van der Waals surface area contributed by atoms with Crippen LogP contribution in [0.25, 0.3) is 0 Å². The molecule has 2 amide bonds. The van der Waals surface area contributed by atoms with Crippen molar-refractivity contribution in [1.82, 2.24) is 10.2 Å². The van der Waals surface area contributed by atoms with Gasteiger partial charge in [-0.25, -0.2) is 0 Å². The Morgan fingerprint density at radius 1 is 1.50 bits per heavy atom. The summed E-state index contributed by atoms with van der Waals surface area (Å²) in [5.41, 5.74) is 0. The number of hydrogen-bond acceptors (Lipinski definition) is 5. The van der Waals surface area contributed by atoms with Crippen LogP contribution in [0.2, 0.25) is 4.34 Å². The van der Waals surface area contributed by atoms with Crippen LogP contribution in [0, 0.1) is 0 Å². The van der Waals surface area contributed by atoms with Gasteiger partial charge in [-0.2, -0.15) is 0 Å². The molecule has 22 heavy (non-hydrogen) atoms. The molecular formula is C14H19ClN2O4S. The van der Waals surface area contributed by atoms with Gasteiger partial charge in [0.25, 0.3) is 5.91 Å². The summed E-state index contributed by atoms with van der Waals surface area (Å²) in [7, 11) is 3.34. The molecule has 1 aromatic rings. The predicted molar refractivity (Wildman–Crippen MR) is 84.5 cm³/mol. The number of likely N-dealkylation sites (N-methyl/N-ethyl adjacent to an activating group) is 1. The van der Waals surface area contributed by atoms with E-state index in [-0.39, 0.29) is 30.6 Å². The Balaban J connectivity index is 1.91. The van der Waals surface area contributed by atoms with E-state index in [1.165, 1.54) is 16.2 Å². The second-order valence-electron chi connectivity index (χ2n) is 5.18. The summed E-state index contributed by atoms with van der Waals surface area (Å²) in [5, 5.41) is 2.93. The van der Waals surface area contributed by atoms with Crippen LogP contribution in [0.4, 0.5) is 0 Å². The summed E-state index contributed by atoms with van der Waals surface area (Å²) in [5.74, 6) is -0.308. The third-order valence-electron chi connectivity index (χ3n) is 3.34. The molecule has 1 N–H and O–H groups in total. The van der Waals surface area contributed by atoms with Crippen LogP contribution in [-0.2, 0) is 14.3 Å². The molecule has 122 valence electrons. The van der Waals surface area contributed by atoms with Crippen LogP contribution < -0.4 is 5.32 Å². The number of hydrogen-bond donors (Lipinski definition) is 1. The highest BCUT2D eigenvalue weighted by atomic mass is 35.5. The molecule has 6 nitrogen and oxygen atoms in total. The van der Waals surface area contributed by atoms with Gasteiger partial charge in [0.2, 0.25) is 5.91 Å². The molecule has 1 aliphatic heterocycles. The molecule has 0 bridgehead atoms. The third-order valence-corrected chi connectivity index (χ3v) is 4.57. The van der Waals surface area contributed by atoms with Crippen molar-refractivity contribution in [3.8, 4) is 0 Å². The molecule has 0 aliphatic carbocycles. The van der Waals surface area contributed by atoms with Gasteiger partial charge in [-0.1, -0.05) is 11.6 Å².